The van der Waals surface area contributed by atoms with Crippen LogP contribution in [0, 0.1) is 0 Å². The highest BCUT2D eigenvalue weighted by Crippen LogP contribution is 2.29. The van der Waals surface area contributed by atoms with E-state index in [2.05, 4.69) is 32.3 Å². The Morgan fingerprint density at radius 3 is 2.47 bits per heavy atom. The zero-order valence-electron chi connectivity index (χ0n) is 11.7. The predicted octanol–water partition coefficient (Wildman–Crippen LogP) is 2.06. The van der Waals surface area contributed by atoms with Crippen molar-refractivity contribution in [1.82, 2.24) is 4.90 Å². The van der Waals surface area contributed by atoms with E-state index < -0.39 is 0 Å². The van der Waals surface area contributed by atoms with Crippen LogP contribution < -0.4 is 0 Å². The fraction of sp³-hybridized carbons (Fsp3) is 0.846. The summed E-state index contributed by atoms with van der Waals surface area (Å²) in [5, 5.41) is 9.83. The third-order valence-electron chi connectivity index (χ3n) is 3.57. The maximum absolute atomic E-state index is 9.83. The molecule has 4 heteroatoms. The molecule has 0 bridgehead atoms. The minimum Gasteiger partial charge on any atom is -0.389 e. The molecule has 100 valence electrons. The lowest BCUT2D eigenvalue weighted by Gasteiger charge is -2.21. The Kier molecular flexibility index (Phi) is 6.08. The lowest BCUT2D eigenvalue weighted by Crippen LogP contribution is -2.30. The second-order valence-corrected chi connectivity index (χ2v) is 6.26. The summed E-state index contributed by atoms with van der Waals surface area (Å²) in [6, 6.07) is 0.549. The number of rotatable bonds is 6. The average molecular weight is 259 g/mol. The second kappa shape index (κ2) is 6.84. The van der Waals surface area contributed by atoms with E-state index in [0.29, 0.717) is 14.6 Å². The molecule has 0 saturated carbocycles. The first kappa shape index (κ1) is 15.1. The summed E-state index contributed by atoms with van der Waals surface area (Å²) in [4.78, 5) is 2.44. The lowest BCUT2D eigenvalue weighted by molar-refractivity contribution is 0.140. The molecule has 1 rings (SSSR count). The molecule has 17 heavy (non-hydrogen) atoms. The standard InChI is InChI=1S/C13H26NO2P/c1-9(2)14-7-11(6-13(15)17-5)12(8-14)10(3)16-4/h9-10,13,15,17H,6-8H2,1-5H3. The first-order chi connectivity index (χ1) is 7.99. The second-order valence-electron chi connectivity index (χ2n) is 5.01. The molecule has 0 spiro atoms. The third-order valence-corrected chi connectivity index (χ3v) is 4.44. The molecule has 0 saturated heterocycles. The molecule has 0 fully saturated rings. The van der Waals surface area contributed by atoms with Crippen LogP contribution in [0.25, 0.3) is 0 Å². The van der Waals surface area contributed by atoms with Gasteiger partial charge in [0, 0.05) is 26.2 Å². The van der Waals surface area contributed by atoms with Gasteiger partial charge in [0.25, 0.3) is 0 Å². The molecule has 0 amide bonds. The minimum absolute atomic E-state index is 0.168. The quantitative estimate of drug-likeness (QED) is 0.585. The molecular formula is C13H26NO2P. The Labute approximate surface area is 107 Å². The third kappa shape index (κ3) is 4.03. The molecule has 0 aromatic rings. The summed E-state index contributed by atoms with van der Waals surface area (Å²) < 4.78 is 5.44. The summed E-state index contributed by atoms with van der Waals surface area (Å²) >= 11 is 0. The lowest BCUT2D eigenvalue weighted by atomic mass is 10.0. The largest absolute Gasteiger partial charge is 0.389 e. The van der Waals surface area contributed by atoms with Crippen molar-refractivity contribution >= 4 is 8.58 Å². The molecule has 0 aromatic carbocycles. The topological polar surface area (TPSA) is 32.7 Å². The van der Waals surface area contributed by atoms with Crippen molar-refractivity contribution < 1.29 is 9.84 Å². The first-order valence-electron chi connectivity index (χ1n) is 6.32. The van der Waals surface area contributed by atoms with Gasteiger partial charge >= 0.3 is 0 Å². The van der Waals surface area contributed by atoms with Crippen LogP contribution in [0.3, 0.4) is 0 Å². The van der Waals surface area contributed by atoms with Crippen LogP contribution in [0.1, 0.15) is 27.2 Å². The molecule has 3 atom stereocenters. The van der Waals surface area contributed by atoms with E-state index in [0.717, 1.165) is 19.5 Å². The minimum atomic E-state index is -0.184. The predicted molar refractivity (Wildman–Crippen MR) is 75.1 cm³/mol. The van der Waals surface area contributed by atoms with Gasteiger partial charge in [0.15, 0.2) is 0 Å². The van der Waals surface area contributed by atoms with Crippen molar-refractivity contribution in [2.75, 3.05) is 26.9 Å². The Balaban J connectivity index is 2.76. The maximum Gasteiger partial charge on any atom is 0.0768 e. The van der Waals surface area contributed by atoms with Crippen molar-refractivity contribution in [2.45, 2.75) is 45.2 Å². The summed E-state index contributed by atoms with van der Waals surface area (Å²) in [5.41, 5.74) is 2.76. The van der Waals surface area contributed by atoms with Crippen LogP contribution in [-0.2, 0) is 4.74 Å². The van der Waals surface area contributed by atoms with Crippen molar-refractivity contribution in [1.29, 1.82) is 0 Å². The van der Waals surface area contributed by atoms with Gasteiger partial charge in [0.2, 0.25) is 0 Å². The summed E-state index contributed by atoms with van der Waals surface area (Å²) in [6.07, 6.45) is 0.974. The van der Waals surface area contributed by atoms with E-state index in [1.54, 1.807) is 7.11 Å². The highest BCUT2D eigenvalue weighted by atomic mass is 31.1. The number of ether oxygens (including phenoxy) is 1. The summed E-state index contributed by atoms with van der Waals surface area (Å²) in [7, 11) is 2.35. The van der Waals surface area contributed by atoms with Crippen molar-refractivity contribution in [2.24, 2.45) is 0 Å². The van der Waals surface area contributed by atoms with Gasteiger partial charge in [0.1, 0.15) is 0 Å². The van der Waals surface area contributed by atoms with Crippen LogP contribution in [0.4, 0.5) is 0 Å². The van der Waals surface area contributed by atoms with Gasteiger partial charge in [-0.05, 0) is 39.4 Å². The molecule has 0 aliphatic carbocycles. The van der Waals surface area contributed by atoms with Crippen LogP contribution in [0.2, 0.25) is 0 Å². The summed E-state index contributed by atoms with van der Waals surface area (Å²) in [6.45, 7) is 10.6. The highest BCUT2D eigenvalue weighted by molar-refractivity contribution is 7.37. The number of hydrogen-bond acceptors (Lipinski definition) is 3. The molecule has 3 unspecified atom stereocenters. The molecule has 1 aliphatic heterocycles. The number of hydrogen-bond donors (Lipinski definition) is 1. The van der Waals surface area contributed by atoms with Gasteiger partial charge in [-0.2, -0.15) is 0 Å². The van der Waals surface area contributed by atoms with Gasteiger partial charge < -0.3 is 9.84 Å². The van der Waals surface area contributed by atoms with Crippen molar-refractivity contribution in [3.8, 4) is 0 Å². The Bertz CT molecular complexity index is 279. The average Bonchev–Trinajstić information content (AvgIpc) is 2.72. The number of nitrogens with zero attached hydrogens (tertiary/aromatic N) is 1. The molecule has 0 radical (unpaired) electrons. The molecule has 3 nitrogen and oxygen atoms in total. The smallest absolute Gasteiger partial charge is 0.0768 e. The highest BCUT2D eigenvalue weighted by Gasteiger charge is 2.27. The van der Waals surface area contributed by atoms with Gasteiger partial charge in [-0.1, -0.05) is 14.2 Å². The molecule has 1 heterocycles. The van der Waals surface area contributed by atoms with Gasteiger partial charge in [-0.15, -0.1) is 0 Å². The van der Waals surface area contributed by atoms with Gasteiger partial charge in [-0.25, -0.2) is 0 Å². The van der Waals surface area contributed by atoms with Crippen LogP contribution >= 0.6 is 8.58 Å². The number of methoxy groups -OCH3 is 1. The van der Waals surface area contributed by atoms with E-state index in [1.165, 1.54) is 11.1 Å². The van der Waals surface area contributed by atoms with Crippen LogP contribution in [0.15, 0.2) is 11.1 Å². The fourth-order valence-electron chi connectivity index (χ4n) is 2.19. The van der Waals surface area contributed by atoms with Crippen LogP contribution in [-0.4, -0.2) is 54.9 Å². The Hall–Kier alpha value is 0.0500. The number of aliphatic hydroxyl groups is 1. The van der Waals surface area contributed by atoms with Gasteiger partial charge in [-0.3, -0.25) is 4.90 Å². The molecule has 0 aromatic heterocycles. The van der Waals surface area contributed by atoms with E-state index in [1.807, 2.05) is 0 Å². The molecule has 1 aliphatic rings. The molecule has 1 N–H and O–H groups in total. The molecular weight excluding hydrogens is 233 g/mol. The monoisotopic (exact) mass is 259 g/mol. The zero-order valence-corrected chi connectivity index (χ0v) is 12.7. The fourth-order valence-corrected chi connectivity index (χ4v) is 2.64. The van der Waals surface area contributed by atoms with E-state index in [-0.39, 0.29) is 11.9 Å². The Morgan fingerprint density at radius 1 is 1.35 bits per heavy atom. The maximum atomic E-state index is 9.83. The van der Waals surface area contributed by atoms with E-state index in [9.17, 15) is 5.11 Å². The number of aliphatic hydroxyl groups excluding tert-OH is 1. The zero-order chi connectivity index (χ0) is 13.0. The SMILES string of the molecule is COC(C)C1=C(CC(O)PC)CN(C(C)C)C1. The van der Waals surface area contributed by atoms with Crippen LogP contribution in [0.5, 0.6) is 0 Å². The van der Waals surface area contributed by atoms with E-state index >= 15 is 0 Å². The van der Waals surface area contributed by atoms with E-state index in [4.69, 9.17) is 4.74 Å². The normalized spacial score (nSPS) is 22.1. The Morgan fingerprint density at radius 2 is 2.00 bits per heavy atom. The van der Waals surface area contributed by atoms with Crippen molar-refractivity contribution in [3.63, 3.8) is 0 Å². The van der Waals surface area contributed by atoms with Crippen molar-refractivity contribution in [3.05, 3.63) is 11.1 Å². The van der Waals surface area contributed by atoms with Gasteiger partial charge in [0.05, 0.1) is 11.9 Å². The summed E-state index contributed by atoms with van der Waals surface area (Å²) in [5.74, 6) is -0.184. The first-order valence-corrected chi connectivity index (χ1v) is 7.90.